The first-order valence-corrected chi connectivity index (χ1v) is 9.13. The summed E-state index contributed by atoms with van der Waals surface area (Å²) in [5, 5.41) is 5.70. The van der Waals surface area contributed by atoms with Crippen LogP contribution in [0.2, 0.25) is 0 Å². The van der Waals surface area contributed by atoms with Gasteiger partial charge in [-0.25, -0.2) is 0 Å². The largest absolute Gasteiger partial charge is 0.356 e. The summed E-state index contributed by atoms with van der Waals surface area (Å²) in [7, 11) is 0. The highest BCUT2D eigenvalue weighted by atomic mass is 16.2. The summed E-state index contributed by atoms with van der Waals surface area (Å²) < 4.78 is 0. The Morgan fingerprint density at radius 2 is 1.65 bits per heavy atom. The van der Waals surface area contributed by atoms with Gasteiger partial charge < -0.3 is 10.6 Å². The number of hydrogen-bond acceptors (Lipinski definition) is 2. The summed E-state index contributed by atoms with van der Waals surface area (Å²) in [6.07, 6.45) is 2.16. The zero-order valence-corrected chi connectivity index (χ0v) is 15.9. The molecule has 0 saturated carbocycles. The molecule has 138 valence electrons. The Morgan fingerprint density at radius 1 is 0.885 bits per heavy atom. The van der Waals surface area contributed by atoms with E-state index in [1.165, 1.54) is 16.7 Å². The maximum Gasteiger partial charge on any atom is 0.251 e. The molecule has 2 rings (SSSR count). The van der Waals surface area contributed by atoms with E-state index in [1.54, 1.807) is 6.07 Å². The topological polar surface area (TPSA) is 58.2 Å². The molecule has 0 aliphatic carbocycles. The van der Waals surface area contributed by atoms with Crippen LogP contribution in [0.5, 0.6) is 0 Å². The highest BCUT2D eigenvalue weighted by Gasteiger charge is 2.07. The van der Waals surface area contributed by atoms with Crippen LogP contribution in [0, 0.1) is 20.8 Å². The first kappa shape index (κ1) is 19.7. The van der Waals surface area contributed by atoms with Crippen molar-refractivity contribution >= 4 is 11.8 Å². The van der Waals surface area contributed by atoms with E-state index in [0.717, 1.165) is 18.4 Å². The van der Waals surface area contributed by atoms with Crippen molar-refractivity contribution in [2.45, 2.75) is 40.0 Å². The van der Waals surface area contributed by atoms with Crippen LogP contribution >= 0.6 is 0 Å². The summed E-state index contributed by atoms with van der Waals surface area (Å²) in [4.78, 5) is 23.9. The number of aryl methyl sites for hydroxylation is 4. The van der Waals surface area contributed by atoms with Crippen LogP contribution in [-0.4, -0.2) is 24.9 Å². The first-order chi connectivity index (χ1) is 12.5. The molecular formula is C22H28N2O2. The van der Waals surface area contributed by atoms with Gasteiger partial charge in [0, 0.05) is 25.1 Å². The van der Waals surface area contributed by atoms with E-state index >= 15 is 0 Å². The quantitative estimate of drug-likeness (QED) is 0.715. The Bertz CT molecular complexity index is 768. The van der Waals surface area contributed by atoms with Gasteiger partial charge in [-0.2, -0.15) is 0 Å². The predicted octanol–water partition coefficient (Wildman–Crippen LogP) is 3.48. The molecule has 26 heavy (non-hydrogen) atoms. The molecule has 0 fully saturated rings. The number of amides is 2. The second-order valence-electron chi connectivity index (χ2n) is 6.76. The van der Waals surface area contributed by atoms with Gasteiger partial charge in [-0.3, -0.25) is 9.59 Å². The molecule has 0 saturated heterocycles. The third kappa shape index (κ3) is 6.36. The van der Waals surface area contributed by atoms with Gasteiger partial charge in [0.2, 0.25) is 5.91 Å². The van der Waals surface area contributed by atoms with E-state index in [9.17, 15) is 9.59 Å². The number of nitrogens with one attached hydrogen (secondary N) is 2. The van der Waals surface area contributed by atoms with E-state index in [0.29, 0.717) is 25.1 Å². The molecule has 0 aliphatic rings. The Morgan fingerprint density at radius 3 is 2.38 bits per heavy atom. The fourth-order valence-electron chi connectivity index (χ4n) is 2.90. The van der Waals surface area contributed by atoms with Crippen molar-refractivity contribution in [3.63, 3.8) is 0 Å². The van der Waals surface area contributed by atoms with Gasteiger partial charge >= 0.3 is 0 Å². The third-order valence-corrected chi connectivity index (χ3v) is 4.36. The standard InChI is InChI=1S/C22H28N2O2/c1-16-6-4-7-20(15-16)22(26)24-13-11-21(25)23-12-5-8-19-10-9-17(2)14-18(19)3/h4,6-7,9-10,14-15H,5,8,11-13H2,1-3H3,(H,23,25)(H,24,26). The van der Waals surface area contributed by atoms with E-state index in [4.69, 9.17) is 0 Å². The van der Waals surface area contributed by atoms with Gasteiger partial charge in [-0.1, -0.05) is 41.5 Å². The first-order valence-electron chi connectivity index (χ1n) is 9.13. The highest BCUT2D eigenvalue weighted by Crippen LogP contribution is 2.12. The van der Waals surface area contributed by atoms with Gasteiger partial charge in [0.25, 0.3) is 5.91 Å². The molecule has 2 aromatic rings. The number of rotatable bonds is 8. The molecule has 0 radical (unpaired) electrons. The van der Waals surface area contributed by atoms with Crippen LogP contribution in [0.3, 0.4) is 0 Å². The molecule has 2 amide bonds. The zero-order valence-electron chi connectivity index (χ0n) is 15.9. The SMILES string of the molecule is Cc1cccc(C(=O)NCCC(=O)NCCCc2ccc(C)cc2C)c1. The Balaban J connectivity index is 1.62. The van der Waals surface area contributed by atoms with Crippen LogP contribution in [0.25, 0.3) is 0 Å². The minimum atomic E-state index is -0.142. The lowest BCUT2D eigenvalue weighted by Gasteiger charge is -2.09. The summed E-state index contributed by atoms with van der Waals surface area (Å²) in [5.74, 6) is -0.175. The maximum atomic E-state index is 12.0. The number of benzene rings is 2. The lowest BCUT2D eigenvalue weighted by Crippen LogP contribution is -2.31. The van der Waals surface area contributed by atoms with Crippen molar-refractivity contribution in [3.05, 3.63) is 70.3 Å². The third-order valence-electron chi connectivity index (χ3n) is 4.36. The lowest BCUT2D eigenvalue weighted by molar-refractivity contribution is -0.120. The molecule has 0 bridgehead atoms. The van der Waals surface area contributed by atoms with E-state index < -0.39 is 0 Å². The lowest BCUT2D eigenvalue weighted by atomic mass is 10.0. The van der Waals surface area contributed by atoms with Gasteiger partial charge in [-0.15, -0.1) is 0 Å². The normalized spacial score (nSPS) is 10.4. The molecule has 0 aromatic heterocycles. The van der Waals surface area contributed by atoms with Crippen molar-refractivity contribution < 1.29 is 9.59 Å². The molecule has 0 heterocycles. The Labute approximate surface area is 156 Å². The molecule has 2 aromatic carbocycles. The predicted molar refractivity (Wildman–Crippen MR) is 105 cm³/mol. The van der Waals surface area contributed by atoms with Gasteiger partial charge in [0.15, 0.2) is 0 Å². The summed E-state index contributed by atoms with van der Waals surface area (Å²) in [6.45, 7) is 7.16. The average molecular weight is 352 g/mol. The second kappa shape index (κ2) is 9.76. The monoisotopic (exact) mass is 352 g/mol. The van der Waals surface area contributed by atoms with E-state index in [-0.39, 0.29) is 11.8 Å². The number of carbonyl (C=O) groups is 2. The maximum absolute atomic E-state index is 12.0. The summed E-state index contributed by atoms with van der Waals surface area (Å²) in [5.41, 5.74) is 5.57. The minimum Gasteiger partial charge on any atom is -0.356 e. The van der Waals surface area contributed by atoms with E-state index in [2.05, 4.69) is 42.7 Å². The molecule has 4 nitrogen and oxygen atoms in total. The molecule has 0 unspecified atom stereocenters. The van der Waals surface area contributed by atoms with Crippen LogP contribution in [0.15, 0.2) is 42.5 Å². The van der Waals surface area contributed by atoms with Crippen molar-refractivity contribution in [1.29, 1.82) is 0 Å². The summed E-state index contributed by atoms with van der Waals surface area (Å²) >= 11 is 0. The Kier molecular flexibility index (Phi) is 7.39. The minimum absolute atomic E-state index is 0.0322. The van der Waals surface area contributed by atoms with Crippen LogP contribution in [0.4, 0.5) is 0 Å². The number of carbonyl (C=O) groups excluding carboxylic acids is 2. The highest BCUT2D eigenvalue weighted by molar-refractivity contribution is 5.94. The second-order valence-corrected chi connectivity index (χ2v) is 6.76. The van der Waals surface area contributed by atoms with Crippen molar-refractivity contribution in [2.75, 3.05) is 13.1 Å². The van der Waals surface area contributed by atoms with Crippen LogP contribution < -0.4 is 10.6 Å². The van der Waals surface area contributed by atoms with Crippen molar-refractivity contribution in [2.24, 2.45) is 0 Å². The average Bonchev–Trinajstić information content (AvgIpc) is 2.60. The van der Waals surface area contributed by atoms with Gasteiger partial charge in [0.1, 0.15) is 0 Å². The molecule has 4 heteroatoms. The molecular weight excluding hydrogens is 324 g/mol. The van der Waals surface area contributed by atoms with Gasteiger partial charge in [0.05, 0.1) is 0 Å². The zero-order chi connectivity index (χ0) is 18.9. The van der Waals surface area contributed by atoms with Gasteiger partial charge in [-0.05, 0) is 56.9 Å². The van der Waals surface area contributed by atoms with Crippen molar-refractivity contribution in [1.82, 2.24) is 10.6 Å². The number of hydrogen-bond donors (Lipinski definition) is 2. The molecule has 0 spiro atoms. The summed E-state index contributed by atoms with van der Waals surface area (Å²) in [6, 6.07) is 13.9. The smallest absolute Gasteiger partial charge is 0.251 e. The molecule has 0 aliphatic heterocycles. The molecule has 2 N–H and O–H groups in total. The van der Waals surface area contributed by atoms with Crippen LogP contribution in [0.1, 0.15) is 45.5 Å². The Hall–Kier alpha value is -2.62. The van der Waals surface area contributed by atoms with Crippen LogP contribution in [-0.2, 0) is 11.2 Å². The molecule has 0 atom stereocenters. The van der Waals surface area contributed by atoms with E-state index in [1.807, 2.05) is 25.1 Å². The van der Waals surface area contributed by atoms with Crippen molar-refractivity contribution in [3.8, 4) is 0 Å². The fraction of sp³-hybridized carbons (Fsp3) is 0.364. The fourth-order valence-corrected chi connectivity index (χ4v) is 2.90.